The van der Waals surface area contributed by atoms with Gasteiger partial charge in [0, 0.05) is 5.69 Å². The highest BCUT2D eigenvalue weighted by molar-refractivity contribution is 9.10. The molecule has 0 aliphatic rings. The summed E-state index contributed by atoms with van der Waals surface area (Å²) in [5.41, 5.74) is 6.31. The zero-order valence-corrected chi connectivity index (χ0v) is 9.64. The van der Waals surface area contributed by atoms with Gasteiger partial charge in [0.05, 0.1) is 4.47 Å². The third-order valence-electron chi connectivity index (χ3n) is 1.68. The van der Waals surface area contributed by atoms with Gasteiger partial charge in [-0.05, 0) is 51.6 Å². The SMILES string of the molecule is Nc1ccc(Oc2sccc2Br)cc1. The summed E-state index contributed by atoms with van der Waals surface area (Å²) in [5.74, 6) is 0.794. The minimum Gasteiger partial charge on any atom is -0.445 e. The van der Waals surface area contributed by atoms with Crippen LogP contribution < -0.4 is 10.5 Å². The second kappa shape index (κ2) is 4.02. The van der Waals surface area contributed by atoms with Gasteiger partial charge in [-0.25, -0.2) is 0 Å². The molecule has 0 aliphatic heterocycles. The Kier molecular flexibility index (Phi) is 2.74. The molecule has 4 heteroatoms. The predicted molar refractivity (Wildman–Crippen MR) is 62.9 cm³/mol. The number of hydrogen-bond donors (Lipinski definition) is 1. The molecule has 72 valence electrons. The summed E-state index contributed by atoms with van der Waals surface area (Å²) in [7, 11) is 0. The molecule has 2 N–H and O–H groups in total. The van der Waals surface area contributed by atoms with Crippen LogP contribution in [0.15, 0.2) is 40.2 Å². The second-order valence-corrected chi connectivity index (χ2v) is 4.46. The quantitative estimate of drug-likeness (QED) is 0.840. The van der Waals surface area contributed by atoms with E-state index in [2.05, 4.69) is 15.9 Å². The van der Waals surface area contributed by atoms with Crippen molar-refractivity contribution in [2.75, 3.05) is 5.73 Å². The minimum absolute atomic E-state index is 0.739. The molecule has 0 saturated heterocycles. The Hall–Kier alpha value is -1.00. The first-order chi connectivity index (χ1) is 6.75. The molecule has 0 atom stereocenters. The Balaban J connectivity index is 2.19. The summed E-state index contributed by atoms with van der Waals surface area (Å²) < 4.78 is 6.59. The van der Waals surface area contributed by atoms with Crippen molar-refractivity contribution < 1.29 is 4.74 Å². The molecule has 14 heavy (non-hydrogen) atoms. The van der Waals surface area contributed by atoms with Crippen LogP contribution >= 0.6 is 27.3 Å². The Bertz CT molecular complexity index is 424. The Morgan fingerprint density at radius 2 is 1.86 bits per heavy atom. The largest absolute Gasteiger partial charge is 0.445 e. The maximum absolute atomic E-state index is 5.62. The molecule has 0 spiro atoms. The number of nitrogens with two attached hydrogens (primary N) is 1. The number of halogens is 1. The van der Waals surface area contributed by atoms with Crippen LogP contribution in [0.1, 0.15) is 0 Å². The molecule has 0 aliphatic carbocycles. The maximum Gasteiger partial charge on any atom is 0.195 e. The van der Waals surface area contributed by atoms with E-state index in [1.807, 2.05) is 35.7 Å². The third-order valence-corrected chi connectivity index (χ3v) is 3.35. The minimum atomic E-state index is 0.739. The van der Waals surface area contributed by atoms with Gasteiger partial charge in [-0.15, -0.1) is 11.3 Å². The van der Waals surface area contributed by atoms with Gasteiger partial charge in [0.25, 0.3) is 0 Å². The van der Waals surface area contributed by atoms with Gasteiger partial charge in [0.15, 0.2) is 5.06 Å². The molecular weight excluding hydrogens is 262 g/mol. The van der Waals surface area contributed by atoms with Crippen LogP contribution in [0.5, 0.6) is 10.8 Å². The Morgan fingerprint density at radius 3 is 2.43 bits per heavy atom. The van der Waals surface area contributed by atoms with Gasteiger partial charge in [0.1, 0.15) is 5.75 Å². The van der Waals surface area contributed by atoms with Gasteiger partial charge in [0.2, 0.25) is 0 Å². The average molecular weight is 270 g/mol. The molecule has 0 amide bonds. The van der Waals surface area contributed by atoms with Gasteiger partial charge in [-0.1, -0.05) is 0 Å². The van der Waals surface area contributed by atoms with E-state index in [9.17, 15) is 0 Å². The van der Waals surface area contributed by atoms with Gasteiger partial charge in [-0.3, -0.25) is 0 Å². The summed E-state index contributed by atoms with van der Waals surface area (Å²) in [5, 5.41) is 2.83. The summed E-state index contributed by atoms with van der Waals surface area (Å²) in [6.07, 6.45) is 0. The first-order valence-corrected chi connectivity index (χ1v) is 5.69. The lowest BCUT2D eigenvalue weighted by molar-refractivity contribution is 0.494. The van der Waals surface area contributed by atoms with Crippen molar-refractivity contribution in [1.29, 1.82) is 0 Å². The van der Waals surface area contributed by atoms with E-state index in [0.717, 1.165) is 21.0 Å². The fourth-order valence-electron chi connectivity index (χ4n) is 0.996. The molecule has 0 unspecified atom stereocenters. The molecule has 1 aromatic carbocycles. The zero-order valence-electron chi connectivity index (χ0n) is 7.24. The van der Waals surface area contributed by atoms with E-state index in [0.29, 0.717) is 0 Å². The zero-order chi connectivity index (χ0) is 9.97. The smallest absolute Gasteiger partial charge is 0.195 e. The monoisotopic (exact) mass is 269 g/mol. The first-order valence-electron chi connectivity index (χ1n) is 4.02. The summed E-state index contributed by atoms with van der Waals surface area (Å²) in [6.45, 7) is 0. The number of hydrogen-bond acceptors (Lipinski definition) is 3. The summed E-state index contributed by atoms with van der Waals surface area (Å²) in [6, 6.07) is 9.29. The van der Waals surface area contributed by atoms with Crippen LogP contribution in [0.4, 0.5) is 5.69 Å². The average Bonchev–Trinajstić information content (AvgIpc) is 2.56. The van der Waals surface area contributed by atoms with Crippen molar-refractivity contribution in [1.82, 2.24) is 0 Å². The van der Waals surface area contributed by atoms with Crippen LogP contribution in [0.3, 0.4) is 0 Å². The van der Waals surface area contributed by atoms with Gasteiger partial charge in [-0.2, -0.15) is 0 Å². The van der Waals surface area contributed by atoms with Crippen molar-refractivity contribution in [3.63, 3.8) is 0 Å². The fourth-order valence-corrected chi connectivity index (χ4v) is 2.32. The molecule has 0 fully saturated rings. The number of ether oxygens (including phenoxy) is 1. The lowest BCUT2D eigenvalue weighted by Gasteiger charge is -2.03. The second-order valence-electron chi connectivity index (χ2n) is 2.73. The third kappa shape index (κ3) is 2.08. The summed E-state index contributed by atoms with van der Waals surface area (Å²) in [4.78, 5) is 0. The number of benzene rings is 1. The Morgan fingerprint density at radius 1 is 1.14 bits per heavy atom. The van der Waals surface area contributed by atoms with Gasteiger partial charge >= 0.3 is 0 Å². The highest BCUT2D eigenvalue weighted by Crippen LogP contribution is 2.34. The number of thiophene rings is 1. The van der Waals surface area contributed by atoms with E-state index in [1.54, 1.807) is 11.3 Å². The number of nitrogen functional groups attached to an aromatic ring is 1. The Labute approximate surface area is 94.4 Å². The van der Waals surface area contributed by atoms with Crippen LogP contribution in [-0.2, 0) is 0 Å². The van der Waals surface area contributed by atoms with E-state index in [1.165, 1.54) is 0 Å². The molecule has 0 bridgehead atoms. The predicted octanol–water partition coefficient (Wildman–Crippen LogP) is 3.89. The van der Waals surface area contributed by atoms with E-state index >= 15 is 0 Å². The molecule has 0 radical (unpaired) electrons. The van der Waals surface area contributed by atoms with Crippen LogP contribution in [0.2, 0.25) is 0 Å². The normalized spacial score (nSPS) is 10.1. The molecule has 2 rings (SSSR count). The van der Waals surface area contributed by atoms with Crippen molar-refractivity contribution in [2.45, 2.75) is 0 Å². The van der Waals surface area contributed by atoms with E-state index in [-0.39, 0.29) is 0 Å². The van der Waals surface area contributed by atoms with Crippen molar-refractivity contribution in [2.24, 2.45) is 0 Å². The van der Waals surface area contributed by atoms with E-state index in [4.69, 9.17) is 10.5 Å². The topological polar surface area (TPSA) is 35.2 Å². The first kappa shape index (κ1) is 9.55. The van der Waals surface area contributed by atoms with Crippen molar-refractivity contribution in [3.8, 4) is 10.8 Å². The molecule has 0 saturated carbocycles. The number of anilines is 1. The van der Waals surface area contributed by atoms with Crippen molar-refractivity contribution in [3.05, 3.63) is 40.2 Å². The molecule has 2 nitrogen and oxygen atoms in total. The maximum atomic E-state index is 5.62. The van der Waals surface area contributed by atoms with Crippen LogP contribution in [-0.4, -0.2) is 0 Å². The van der Waals surface area contributed by atoms with Crippen molar-refractivity contribution >= 4 is 33.0 Å². The summed E-state index contributed by atoms with van der Waals surface area (Å²) >= 11 is 4.95. The lowest BCUT2D eigenvalue weighted by Crippen LogP contribution is -1.85. The lowest BCUT2D eigenvalue weighted by atomic mass is 10.3. The van der Waals surface area contributed by atoms with Gasteiger partial charge < -0.3 is 10.5 Å². The van der Waals surface area contributed by atoms with E-state index < -0.39 is 0 Å². The fraction of sp³-hybridized carbons (Fsp3) is 0. The molecule has 1 aromatic heterocycles. The number of rotatable bonds is 2. The molecule has 1 heterocycles. The highest BCUT2D eigenvalue weighted by atomic mass is 79.9. The standard InChI is InChI=1S/C10H8BrNOS/c11-9-5-6-14-10(9)13-8-3-1-7(12)2-4-8/h1-6H,12H2. The van der Waals surface area contributed by atoms with Crippen LogP contribution in [0, 0.1) is 0 Å². The van der Waals surface area contributed by atoms with Crippen LogP contribution in [0.25, 0.3) is 0 Å². The molecular formula is C10H8BrNOS. The molecule has 2 aromatic rings. The highest BCUT2D eigenvalue weighted by Gasteiger charge is 2.03.